The molecular weight excluding hydrogens is 404 g/mol. The number of hydrogen-bond acceptors (Lipinski definition) is 5. The summed E-state index contributed by atoms with van der Waals surface area (Å²) in [6.07, 6.45) is 1.91. The maximum atomic E-state index is 5.67. The highest BCUT2D eigenvalue weighted by atomic mass is 16.7. The van der Waals surface area contributed by atoms with Gasteiger partial charge in [-0.2, -0.15) is 0 Å². The lowest BCUT2D eigenvalue weighted by Crippen LogP contribution is -2.58. The Morgan fingerprint density at radius 1 is 1.03 bits per heavy atom. The molecule has 1 atom stereocenters. The summed E-state index contributed by atoms with van der Waals surface area (Å²) in [4.78, 5) is 4.80. The summed E-state index contributed by atoms with van der Waals surface area (Å²) in [5.74, 6) is 2.39. The van der Waals surface area contributed by atoms with E-state index in [0.717, 1.165) is 62.2 Å². The Balaban J connectivity index is 1.42. The average molecular weight is 439 g/mol. The summed E-state index contributed by atoms with van der Waals surface area (Å²) < 4.78 is 16.6. The molecule has 1 fully saturated rings. The van der Waals surface area contributed by atoms with Gasteiger partial charge in [0.15, 0.2) is 17.5 Å². The van der Waals surface area contributed by atoms with Crippen molar-refractivity contribution >= 4 is 5.96 Å². The molecule has 4 rings (SSSR count). The number of nitrogens with zero attached hydrogens (tertiary/aromatic N) is 1. The Bertz CT molecular complexity index is 897. The second kappa shape index (κ2) is 10.7. The first-order valence-electron chi connectivity index (χ1n) is 11.5. The van der Waals surface area contributed by atoms with Crippen LogP contribution < -0.4 is 25.4 Å². The fourth-order valence-electron chi connectivity index (χ4n) is 4.22. The molecule has 0 aromatic heterocycles. The van der Waals surface area contributed by atoms with Crippen LogP contribution in [0.3, 0.4) is 0 Å². The summed E-state index contributed by atoms with van der Waals surface area (Å²) in [6.45, 7) is 8.27. The van der Waals surface area contributed by atoms with Crippen molar-refractivity contribution in [1.82, 2.24) is 16.0 Å². The molecule has 7 nitrogen and oxygen atoms in total. The lowest BCUT2D eigenvalue weighted by atomic mass is 9.88. The van der Waals surface area contributed by atoms with Crippen molar-refractivity contribution in [2.75, 3.05) is 33.1 Å². The molecule has 0 aliphatic carbocycles. The zero-order chi connectivity index (χ0) is 22.2. The summed E-state index contributed by atoms with van der Waals surface area (Å²) in [6, 6.07) is 16.8. The van der Waals surface area contributed by atoms with Crippen LogP contribution in [-0.2, 0) is 11.3 Å². The number of ether oxygens (including phenoxy) is 3. The van der Waals surface area contributed by atoms with Crippen molar-refractivity contribution in [3.8, 4) is 11.5 Å². The molecule has 2 aliphatic rings. The molecule has 0 radical (unpaired) electrons. The highest BCUT2D eigenvalue weighted by Gasteiger charge is 2.34. The van der Waals surface area contributed by atoms with E-state index in [-0.39, 0.29) is 18.4 Å². The Morgan fingerprint density at radius 3 is 2.59 bits per heavy atom. The standard InChI is InChI=1S/C25H34N4O3/c1-3-26-24(27-16-20-9-10-22-23(15-20)32-18-31-22)28-17-25(11-13-30-14-12-25)29-19(2)21-7-5-4-6-8-21/h4-10,15,19,29H,3,11-14,16-18H2,1-2H3,(H2,26,27,28). The maximum Gasteiger partial charge on any atom is 0.231 e. The van der Waals surface area contributed by atoms with Gasteiger partial charge in [0.05, 0.1) is 6.54 Å². The topological polar surface area (TPSA) is 76.1 Å². The Hall–Kier alpha value is -2.77. The third-order valence-electron chi connectivity index (χ3n) is 6.07. The molecule has 2 aromatic carbocycles. The lowest BCUT2D eigenvalue weighted by Gasteiger charge is -2.41. The van der Waals surface area contributed by atoms with Crippen LogP contribution in [0.5, 0.6) is 11.5 Å². The van der Waals surface area contributed by atoms with E-state index in [1.807, 2.05) is 18.2 Å². The van der Waals surface area contributed by atoms with E-state index < -0.39 is 0 Å². The Kier molecular flexibility index (Phi) is 7.50. The summed E-state index contributed by atoms with van der Waals surface area (Å²) in [5, 5.41) is 10.8. The fourth-order valence-corrected chi connectivity index (χ4v) is 4.22. The molecule has 0 amide bonds. The van der Waals surface area contributed by atoms with Crippen LogP contribution in [0.4, 0.5) is 0 Å². The van der Waals surface area contributed by atoms with Gasteiger partial charge in [-0.3, -0.25) is 0 Å². The SMILES string of the molecule is CCNC(=NCc1ccc2c(c1)OCO2)NCC1(NC(C)c2ccccc2)CCOCC1. The molecule has 0 saturated carbocycles. The van der Waals surface area contributed by atoms with E-state index in [1.54, 1.807) is 0 Å². The predicted molar refractivity (Wildman–Crippen MR) is 126 cm³/mol. The number of aliphatic imine (C=N–C) groups is 1. The van der Waals surface area contributed by atoms with Gasteiger partial charge in [-0.1, -0.05) is 36.4 Å². The van der Waals surface area contributed by atoms with E-state index in [1.165, 1.54) is 5.56 Å². The zero-order valence-corrected chi connectivity index (χ0v) is 19.0. The molecule has 32 heavy (non-hydrogen) atoms. The minimum atomic E-state index is -0.0531. The lowest BCUT2D eigenvalue weighted by molar-refractivity contribution is 0.0355. The monoisotopic (exact) mass is 438 g/mol. The summed E-state index contributed by atoms with van der Waals surface area (Å²) in [5.41, 5.74) is 2.33. The smallest absolute Gasteiger partial charge is 0.231 e. The summed E-state index contributed by atoms with van der Waals surface area (Å²) >= 11 is 0. The molecule has 1 unspecified atom stereocenters. The molecule has 2 aromatic rings. The number of rotatable bonds is 8. The third-order valence-corrected chi connectivity index (χ3v) is 6.07. The highest BCUT2D eigenvalue weighted by molar-refractivity contribution is 5.79. The molecule has 2 heterocycles. The van der Waals surface area contributed by atoms with Gasteiger partial charge >= 0.3 is 0 Å². The van der Waals surface area contributed by atoms with E-state index in [4.69, 9.17) is 19.2 Å². The Morgan fingerprint density at radius 2 is 1.81 bits per heavy atom. The van der Waals surface area contributed by atoms with Gasteiger partial charge in [0, 0.05) is 37.9 Å². The van der Waals surface area contributed by atoms with Crippen LogP contribution in [0.2, 0.25) is 0 Å². The van der Waals surface area contributed by atoms with E-state index in [9.17, 15) is 0 Å². The first kappa shape index (κ1) is 22.4. The predicted octanol–water partition coefficient (Wildman–Crippen LogP) is 3.37. The average Bonchev–Trinajstić information content (AvgIpc) is 3.30. The minimum Gasteiger partial charge on any atom is -0.454 e. The van der Waals surface area contributed by atoms with Gasteiger partial charge in [-0.15, -0.1) is 0 Å². The zero-order valence-electron chi connectivity index (χ0n) is 19.0. The highest BCUT2D eigenvalue weighted by Crippen LogP contribution is 2.32. The Labute approximate surface area is 190 Å². The maximum absolute atomic E-state index is 5.67. The van der Waals surface area contributed by atoms with Gasteiger partial charge in [0.2, 0.25) is 6.79 Å². The van der Waals surface area contributed by atoms with Crippen molar-refractivity contribution < 1.29 is 14.2 Å². The van der Waals surface area contributed by atoms with Gasteiger partial charge in [-0.05, 0) is 49.9 Å². The largest absolute Gasteiger partial charge is 0.454 e. The minimum absolute atomic E-state index is 0.0531. The quantitative estimate of drug-likeness (QED) is 0.433. The van der Waals surface area contributed by atoms with E-state index >= 15 is 0 Å². The molecule has 0 bridgehead atoms. The van der Waals surface area contributed by atoms with Crippen molar-refractivity contribution in [1.29, 1.82) is 0 Å². The van der Waals surface area contributed by atoms with Crippen LogP contribution in [0.1, 0.15) is 43.9 Å². The number of nitrogens with one attached hydrogen (secondary N) is 3. The third kappa shape index (κ3) is 5.72. The number of benzene rings is 2. The first-order chi connectivity index (χ1) is 15.7. The van der Waals surface area contributed by atoms with Crippen LogP contribution in [-0.4, -0.2) is 44.6 Å². The number of guanidine groups is 1. The van der Waals surface area contributed by atoms with Crippen LogP contribution in [0.25, 0.3) is 0 Å². The van der Waals surface area contributed by atoms with Crippen molar-refractivity contribution in [3.63, 3.8) is 0 Å². The molecule has 3 N–H and O–H groups in total. The van der Waals surface area contributed by atoms with E-state index in [0.29, 0.717) is 6.54 Å². The van der Waals surface area contributed by atoms with Crippen molar-refractivity contribution in [2.24, 2.45) is 4.99 Å². The second-order valence-corrected chi connectivity index (χ2v) is 8.41. The van der Waals surface area contributed by atoms with Gasteiger partial charge in [0.1, 0.15) is 0 Å². The number of hydrogen-bond donors (Lipinski definition) is 3. The van der Waals surface area contributed by atoms with Gasteiger partial charge < -0.3 is 30.2 Å². The summed E-state index contributed by atoms with van der Waals surface area (Å²) in [7, 11) is 0. The normalized spacial score (nSPS) is 18.2. The van der Waals surface area contributed by atoms with Crippen LogP contribution in [0.15, 0.2) is 53.5 Å². The van der Waals surface area contributed by atoms with Crippen LogP contribution >= 0.6 is 0 Å². The number of fused-ring (bicyclic) bond motifs is 1. The molecular formula is C25H34N4O3. The second-order valence-electron chi connectivity index (χ2n) is 8.41. The fraction of sp³-hybridized carbons (Fsp3) is 0.480. The molecule has 2 aliphatic heterocycles. The van der Waals surface area contributed by atoms with E-state index in [2.05, 4.69) is 60.1 Å². The molecule has 172 valence electrons. The van der Waals surface area contributed by atoms with Crippen LogP contribution in [0, 0.1) is 0 Å². The molecule has 1 saturated heterocycles. The van der Waals surface area contributed by atoms with Gasteiger partial charge in [-0.25, -0.2) is 4.99 Å². The molecule has 0 spiro atoms. The first-order valence-corrected chi connectivity index (χ1v) is 11.5. The van der Waals surface area contributed by atoms with Crippen molar-refractivity contribution in [2.45, 2.75) is 44.8 Å². The van der Waals surface area contributed by atoms with Crippen molar-refractivity contribution in [3.05, 3.63) is 59.7 Å². The van der Waals surface area contributed by atoms with Gasteiger partial charge in [0.25, 0.3) is 0 Å². The molecule has 7 heteroatoms.